The van der Waals surface area contributed by atoms with Gasteiger partial charge in [0.2, 0.25) is 5.91 Å². The summed E-state index contributed by atoms with van der Waals surface area (Å²) >= 11 is 1.31. The molecule has 0 aliphatic rings. The number of anilines is 1. The van der Waals surface area contributed by atoms with E-state index in [2.05, 4.69) is 22.2 Å². The summed E-state index contributed by atoms with van der Waals surface area (Å²) in [5.41, 5.74) is 0.353. The number of unbranched alkanes of at least 4 members (excludes halogenated alkanes) is 2. The van der Waals surface area contributed by atoms with Gasteiger partial charge in [0.1, 0.15) is 5.60 Å². The van der Waals surface area contributed by atoms with Gasteiger partial charge < -0.3 is 20.1 Å². The van der Waals surface area contributed by atoms with E-state index in [-0.39, 0.29) is 23.9 Å². The predicted molar refractivity (Wildman–Crippen MR) is 108 cm³/mol. The van der Waals surface area contributed by atoms with E-state index in [1.807, 2.05) is 20.8 Å². The Balaban J connectivity index is 2.15. The maximum Gasteiger partial charge on any atom is 0.311 e. The van der Waals surface area contributed by atoms with E-state index >= 15 is 0 Å². The summed E-state index contributed by atoms with van der Waals surface area (Å²) in [5, 5.41) is 8.17. The van der Waals surface area contributed by atoms with Crippen molar-refractivity contribution in [3.8, 4) is 0 Å². The fourth-order valence-corrected chi connectivity index (χ4v) is 2.93. The Morgan fingerprint density at radius 3 is 2.67 bits per heavy atom. The smallest absolute Gasteiger partial charge is 0.311 e. The molecule has 27 heavy (non-hydrogen) atoms. The Bertz CT molecular complexity index is 623. The number of esters is 1. The van der Waals surface area contributed by atoms with Crippen LogP contribution in [0.3, 0.4) is 0 Å². The number of aromatic nitrogens is 1. The number of hydrogen-bond acceptors (Lipinski definition) is 7. The van der Waals surface area contributed by atoms with Crippen LogP contribution in [0.25, 0.3) is 0 Å². The molecular weight excluding hydrogens is 366 g/mol. The number of rotatable bonds is 12. The third kappa shape index (κ3) is 11.3. The standard InChI is InChI=1S/C19H31N3O4S/c1-6-25-17(24)12-15-13-27-18(21-15)22-16(23)10-8-7-9-11-20-14(2)26-19(3,4)5/h13,20H,2,6-12H2,1,3-5H3,(H,21,22,23). The molecule has 1 amide bonds. The van der Waals surface area contributed by atoms with E-state index in [1.54, 1.807) is 12.3 Å². The number of ether oxygens (including phenoxy) is 2. The minimum atomic E-state index is -0.315. The van der Waals surface area contributed by atoms with Gasteiger partial charge in [-0.2, -0.15) is 0 Å². The number of hydrogen-bond donors (Lipinski definition) is 2. The average Bonchev–Trinajstić information content (AvgIpc) is 2.96. The van der Waals surface area contributed by atoms with Crippen LogP contribution in [0.1, 0.15) is 59.1 Å². The molecular formula is C19H31N3O4S. The van der Waals surface area contributed by atoms with Gasteiger partial charge in [-0.05, 0) is 47.1 Å². The molecule has 0 aromatic carbocycles. The van der Waals surface area contributed by atoms with Gasteiger partial charge in [-0.3, -0.25) is 9.59 Å². The van der Waals surface area contributed by atoms with Crippen LogP contribution >= 0.6 is 11.3 Å². The monoisotopic (exact) mass is 397 g/mol. The fraction of sp³-hybridized carbons (Fsp3) is 0.632. The lowest BCUT2D eigenvalue weighted by Crippen LogP contribution is -2.25. The van der Waals surface area contributed by atoms with Crippen molar-refractivity contribution >= 4 is 28.3 Å². The maximum atomic E-state index is 12.0. The second kappa shape index (κ2) is 11.6. The van der Waals surface area contributed by atoms with Gasteiger partial charge in [-0.1, -0.05) is 6.42 Å². The molecule has 0 spiro atoms. The average molecular weight is 398 g/mol. The summed E-state index contributed by atoms with van der Waals surface area (Å²) in [7, 11) is 0. The molecule has 0 fully saturated rings. The van der Waals surface area contributed by atoms with E-state index in [9.17, 15) is 9.59 Å². The number of thiazole rings is 1. The molecule has 0 saturated carbocycles. The first-order valence-corrected chi connectivity index (χ1v) is 10.1. The molecule has 1 aromatic heterocycles. The van der Waals surface area contributed by atoms with Crippen LogP contribution < -0.4 is 10.6 Å². The van der Waals surface area contributed by atoms with Crippen molar-refractivity contribution in [3.63, 3.8) is 0 Å². The minimum absolute atomic E-state index is 0.0690. The molecule has 7 nitrogen and oxygen atoms in total. The zero-order chi connectivity index (χ0) is 20.3. The van der Waals surface area contributed by atoms with Gasteiger partial charge in [0.25, 0.3) is 0 Å². The molecule has 0 aliphatic carbocycles. The van der Waals surface area contributed by atoms with Crippen molar-refractivity contribution in [2.45, 2.75) is 65.4 Å². The van der Waals surface area contributed by atoms with Crippen LogP contribution in [0.2, 0.25) is 0 Å². The topological polar surface area (TPSA) is 89.6 Å². The summed E-state index contributed by atoms with van der Waals surface area (Å²) in [6.07, 6.45) is 3.21. The second-order valence-electron chi connectivity index (χ2n) is 7.05. The zero-order valence-corrected chi connectivity index (χ0v) is 17.5. The number of nitrogens with one attached hydrogen (secondary N) is 2. The largest absolute Gasteiger partial charge is 0.474 e. The van der Waals surface area contributed by atoms with E-state index in [4.69, 9.17) is 9.47 Å². The normalized spacial score (nSPS) is 11.0. The van der Waals surface area contributed by atoms with Crippen LogP contribution in [0.5, 0.6) is 0 Å². The number of carbonyl (C=O) groups excluding carboxylic acids is 2. The van der Waals surface area contributed by atoms with E-state index in [0.717, 1.165) is 25.8 Å². The lowest BCUT2D eigenvalue weighted by molar-refractivity contribution is -0.142. The van der Waals surface area contributed by atoms with Crippen molar-refractivity contribution in [2.75, 3.05) is 18.5 Å². The van der Waals surface area contributed by atoms with E-state index < -0.39 is 0 Å². The van der Waals surface area contributed by atoms with Crippen molar-refractivity contribution in [1.29, 1.82) is 0 Å². The molecule has 152 valence electrons. The molecule has 0 radical (unpaired) electrons. The molecule has 2 N–H and O–H groups in total. The van der Waals surface area contributed by atoms with Gasteiger partial charge in [0, 0.05) is 18.3 Å². The fourth-order valence-electron chi connectivity index (χ4n) is 2.21. The van der Waals surface area contributed by atoms with Crippen LogP contribution in [-0.4, -0.2) is 35.6 Å². The molecule has 1 rings (SSSR count). The van der Waals surface area contributed by atoms with Crippen molar-refractivity contribution < 1.29 is 19.1 Å². The van der Waals surface area contributed by atoms with Gasteiger partial charge in [0.15, 0.2) is 11.0 Å². The zero-order valence-electron chi connectivity index (χ0n) is 16.7. The van der Waals surface area contributed by atoms with Gasteiger partial charge in [-0.25, -0.2) is 4.98 Å². The molecule has 0 unspecified atom stereocenters. The molecule has 0 aliphatic heterocycles. The molecule has 0 atom stereocenters. The predicted octanol–water partition coefficient (Wildman–Crippen LogP) is 3.62. The Morgan fingerprint density at radius 2 is 2.00 bits per heavy atom. The highest BCUT2D eigenvalue weighted by atomic mass is 32.1. The third-order valence-electron chi connectivity index (χ3n) is 3.26. The summed E-state index contributed by atoms with van der Waals surface area (Å²) in [6.45, 7) is 12.6. The molecule has 1 heterocycles. The first-order chi connectivity index (χ1) is 12.7. The number of amides is 1. The molecule has 8 heteroatoms. The summed E-state index contributed by atoms with van der Waals surface area (Å²) in [5.74, 6) is 0.188. The van der Waals surface area contributed by atoms with E-state index in [0.29, 0.717) is 29.7 Å². The molecule has 0 saturated heterocycles. The summed E-state index contributed by atoms with van der Waals surface area (Å²) in [4.78, 5) is 27.6. The minimum Gasteiger partial charge on any atom is -0.474 e. The van der Waals surface area contributed by atoms with Crippen LogP contribution in [0.4, 0.5) is 5.13 Å². The van der Waals surface area contributed by atoms with Crippen molar-refractivity contribution in [3.05, 3.63) is 23.5 Å². The highest BCUT2D eigenvalue weighted by molar-refractivity contribution is 7.13. The SMILES string of the molecule is C=C(NCCCCCC(=O)Nc1nc(CC(=O)OCC)cs1)OC(C)(C)C. The second-order valence-corrected chi connectivity index (χ2v) is 7.91. The highest BCUT2D eigenvalue weighted by Crippen LogP contribution is 2.17. The Hall–Kier alpha value is -2.09. The van der Waals surface area contributed by atoms with Gasteiger partial charge >= 0.3 is 5.97 Å². The van der Waals surface area contributed by atoms with Crippen molar-refractivity contribution in [2.24, 2.45) is 0 Å². The van der Waals surface area contributed by atoms with Crippen LogP contribution in [-0.2, 0) is 25.5 Å². The molecule has 1 aromatic rings. The third-order valence-corrected chi connectivity index (χ3v) is 4.07. The van der Waals surface area contributed by atoms with E-state index in [1.165, 1.54) is 11.3 Å². The Kier molecular flexibility index (Phi) is 9.85. The quantitative estimate of drug-likeness (QED) is 0.318. The highest BCUT2D eigenvalue weighted by Gasteiger charge is 2.12. The Morgan fingerprint density at radius 1 is 1.26 bits per heavy atom. The van der Waals surface area contributed by atoms with Crippen molar-refractivity contribution in [1.82, 2.24) is 10.3 Å². The number of carbonyl (C=O) groups is 2. The van der Waals surface area contributed by atoms with Crippen LogP contribution in [0, 0.1) is 0 Å². The number of nitrogens with zero attached hydrogens (tertiary/aromatic N) is 1. The van der Waals surface area contributed by atoms with Gasteiger partial charge in [-0.15, -0.1) is 11.3 Å². The van der Waals surface area contributed by atoms with Gasteiger partial charge in [0.05, 0.1) is 18.7 Å². The van der Waals surface area contributed by atoms with Crippen LogP contribution in [0.15, 0.2) is 17.8 Å². The lowest BCUT2D eigenvalue weighted by atomic mass is 10.2. The molecule has 0 bridgehead atoms. The first-order valence-electron chi connectivity index (χ1n) is 9.21. The lowest BCUT2D eigenvalue weighted by Gasteiger charge is -2.23. The Labute approximate surface area is 165 Å². The summed E-state index contributed by atoms with van der Waals surface area (Å²) < 4.78 is 10.5. The summed E-state index contributed by atoms with van der Waals surface area (Å²) in [6, 6.07) is 0. The maximum absolute atomic E-state index is 12.0. The first kappa shape index (κ1) is 23.0.